The molecule has 0 fully saturated rings. The number of ketones is 1. The SMILES string of the molecule is CC(C)OC(=O)C(C)CC(=O)Cc1ccc(-c2ccccc2)cc1. The van der Waals surface area contributed by atoms with E-state index in [9.17, 15) is 9.59 Å². The van der Waals surface area contributed by atoms with Gasteiger partial charge in [0, 0.05) is 12.8 Å². The molecule has 0 heterocycles. The van der Waals surface area contributed by atoms with Gasteiger partial charge in [0.25, 0.3) is 0 Å². The van der Waals surface area contributed by atoms with Crippen LogP contribution in [0.15, 0.2) is 54.6 Å². The highest BCUT2D eigenvalue weighted by atomic mass is 16.5. The predicted octanol–water partition coefficient (Wildman–Crippen LogP) is 4.44. The highest BCUT2D eigenvalue weighted by Crippen LogP contribution is 2.20. The first-order chi connectivity index (χ1) is 11.5. The molecule has 0 amide bonds. The Labute approximate surface area is 143 Å². The molecule has 0 saturated carbocycles. The molecule has 0 aromatic heterocycles. The maximum absolute atomic E-state index is 12.2. The van der Waals surface area contributed by atoms with E-state index in [1.54, 1.807) is 20.8 Å². The van der Waals surface area contributed by atoms with Gasteiger partial charge in [-0.1, -0.05) is 61.5 Å². The fourth-order valence-electron chi connectivity index (χ4n) is 2.52. The van der Waals surface area contributed by atoms with Crippen molar-refractivity contribution in [1.29, 1.82) is 0 Å². The Kier molecular flexibility index (Phi) is 6.30. The number of carbonyl (C=O) groups excluding carboxylic acids is 2. The maximum atomic E-state index is 12.2. The number of hydrogen-bond donors (Lipinski definition) is 0. The molecule has 0 aliphatic heterocycles. The molecular formula is C21H24O3. The second-order valence-corrected chi connectivity index (χ2v) is 6.37. The van der Waals surface area contributed by atoms with Crippen LogP contribution >= 0.6 is 0 Å². The van der Waals surface area contributed by atoms with Crippen LogP contribution in [0, 0.1) is 5.92 Å². The van der Waals surface area contributed by atoms with Gasteiger partial charge in [0.15, 0.2) is 0 Å². The van der Waals surface area contributed by atoms with Crippen LogP contribution in [0.1, 0.15) is 32.8 Å². The highest BCUT2D eigenvalue weighted by molar-refractivity contribution is 5.86. The van der Waals surface area contributed by atoms with E-state index in [4.69, 9.17) is 4.74 Å². The molecule has 0 saturated heterocycles. The average molecular weight is 324 g/mol. The van der Waals surface area contributed by atoms with Gasteiger partial charge in [0.1, 0.15) is 5.78 Å². The number of benzene rings is 2. The zero-order chi connectivity index (χ0) is 17.5. The molecule has 24 heavy (non-hydrogen) atoms. The number of rotatable bonds is 7. The topological polar surface area (TPSA) is 43.4 Å². The summed E-state index contributed by atoms with van der Waals surface area (Å²) >= 11 is 0. The second-order valence-electron chi connectivity index (χ2n) is 6.37. The van der Waals surface area contributed by atoms with Crippen LogP contribution < -0.4 is 0 Å². The van der Waals surface area contributed by atoms with Gasteiger partial charge in [-0.2, -0.15) is 0 Å². The Balaban J connectivity index is 1.91. The summed E-state index contributed by atoms with van der Waals surface area (Å²) in [5, 5.41) is 0. The molecule has 0 spiro atoms. The Morgan fingerprint density at radius 1 is 0.875 bits per heavy atom. The highest BCUT2D eigenvalue weighted by Gasteiger charge is 2.19. The molecule has 3 nitrogen and oxygen atoms in total. The van der Waals surface area contributed by atoms with Crippen molar-refractivity contribution in [2.45, 2.75) is 39.7 Å². The van der Waals surface area contributed by atoms with Gasteiger partial charge in [-0.3, -0.25) is 9.59 Å². The van der Waals surface area contributed by atoms with Gasteiger partial charge in [0.2, 0.25) is 0 Å². The summed E-state index contributed by atoms with van der Waals surface area (Å²) < 4.78 is 5.14. The third-order valence-corrected chi connectivity index (χ3v) is 3.75. The standard InChI is InChI=1S/C21H24O3/c1-15(2)24-21(23)16(3)13-20(22)14-17-9-11-19(12-10-17)18-7-5-4-6-8-18/h4-12,15-16H,13-14H2,1-3H3. The van der Waals surface area contributed by atoms with Crippen molar-refractivity contribution in [3.05, 3.63) is 60.2 Å². The Morgan fingerprint density at radius 2 is 1.46 bits per heavy atom. The fourth-order valence-corrected chi connectivity index (χ4v) is 2.52. The van der Waals surface area contributed by atoms with E-state index in [-0.39, 0.29) is 24.3 Å². The molecule has 1 unspecified atom stereocenters. The molecule has 0 radical (unpaired) electrons. The third kappa shape index (κ3) is 5.34. The third-order valence-electron chi connectivity index (χ3n) is 3.75. The molecule has 1 atom stereocenters. The minimum Gasteiger partial charge on any atom is -0.463 e. The van der Waals surface area contributed by atoms with Crippen LogP contribution in [0.4, 0.5) is 0 Å². The molecule has 2 aromatic carbocycles. The summed E-state index contributed by atoms with van der Waals surface area (Å²) in [6, 6.07) is 18.1. The molecule has 0 bridgehead atoms. The van der Waals surface area contributed by atoms with Crippen molar-refractivity contribution < 1.29 is 14.3 Å². The molecule has 2 aromatic rings. The van der Waals surface area contributed by atoms with Crippen molar-refractivity contribution in [2.75, 3.05) is 0 Å². The average Bonchev–Trinajstić information content (AvgIpc) is 2.55. The smallest absolute Gasteiger partial charge is 0.309 e. The van der Waals surface area contributed by atoms with Crippen LogP contribution in [0.25, 0.3) is 11.1 Å². The van der Waals surface area contributed by atoms with E-state index in [1.165, 1.54) is 0 Å². The Morgan fingerprint density at radius 3 is 2.04 bits per heavy atom. The Hall–Kier alpha value is -2.42. The second kappa shape index (κ2) is 8.44. The number of Topliss-reactive ketones (excluding diaryl/α,β-unsaturated/α-hetero) is 1. The van der Waals surface area contributed by atoms with E-state index < -0.39 is 5.92 Å². The van der Waals surface area contributed by atoms with Crippen molar-refractivity contribution in [3.8, 4) is 11.1 Å². The van der Waals surface area contributed by atoms with Crippen LogP contribution in [0.2, 0.25) is 0 Å². The monoisotopic (exact) mass is 324 g/mol. The van der Waals surface area contributed by atoms with E-state index in [1.807, 2.05) is 42.5 Å². The molecule has 3 heteroatoms. The molecule has 126 valence electrons. The van der Waals surface area contributed by atoms with Crippen LogP contribution in [-0.2, 0) is 20.7 Å². The first kappa shape index (κ1) is 17.9. The van der Waals surface area contributed by atoms with Crippen LogP contribution in [-0.4, -0.2) is 17.9 Å². The van der Waals surface area contributed by atoms with Gasteiger partial charge in [-0.25, -0.2) is 0 Å². The number of hydrogen-bond acceptors (Lipinski definition) is 3. The zero-order valence-corrected chi connectivity index (χ0v) is 14.5. The van der Waals surface area contributed by atoms with Gasteiger partial charge in [0.05, 0.1) is 12.0 Å². The van der Waals surface area contributed by atoms with Crippen molar-refractivity contribution in [2.24, 2.45) is 5.92 Å². The van der Waals surface area contributed by atoms with E-state index >= 15 is 0 Å². The summed E-state index contributed by atoms with van der Waals surface area (Å²) in [6.07, 6.45) is 0.404. The van der Waals surface area contributed by atoms with E-state index in [0.717, 1.165) is 16.7 Å². The largest absolute Gasteiger partial charge is 0.463 e. The van der Waals surface area contributed by atoms with Crippen molar-refractivity contribution in [3.63, 3.8) is 0 Å². The van der Waals surface area contributed by atoms with E-state index in [2.05, 4.69) is 12.1 Å². The first-order valence-electron chi connectivity index (χ1n) is 8.32. The van der Waals surface area contributed by atoms with Crippen LogP contribution in [0.5, 0.6) is 0 Å². The number of esters is 1. The van der Waals surface area contributed by atoms with Gasteiger partial charge >= 0.3 is 5.97 Å². The summed E-state index contributed by atoms with van der Waals surface area (Å²) in [5.74, 6) is -0.656. The predicted molar refractivity (Wildman–Crippen MR) is 95.6 cm³/mol. The molecular weight excluding hydrogens is 300 g/mol. The maximum Gasteiger partial charge on any atom is 0.309 e. The summed E-state index contributed by atoms with van der Waals surface area (Å²) in [6.45, 7) is 5.35. The molecule has 0 aliphatic rings. The lowest BCUT2D eigenvalue weighted by molar-refractivity contribution is -0.153. The van der Waals surface area contributed by atoms with Crippen molar-refractivity contribution >= 4 is 11.8 Å². The number of ether oxygens (including phenoxy) is 1. The summed E-state index contributed by atoms with van der Waals surface area (Å²) in [4.78, 5) is 23.9. The first-order valence-corrected chi connectivity index (χ1v) is 8.32. The summed E-state index contributed by atoms with van der Waals surface area (Å²) in [5.41, 5.74) is 3.24. The van der Waals surface area contributed by atoms with Gasteiger partial charge < -0.3 is 4.74 Å². The lowest BCUT2D eigenvalue weighted by Gasteiger charge is -2.13. The number of carbonyl (C=O) groups is 2. The van der Waals surface area contributed by atoms with Crippen LogP contribution in [0.3, 0.4) is 0 Å². The molecule has 2 rings (SSSR count). The molecule has 0 aliphatic carbocycles. The minimum absolute atomic E-state index is 0.0515. The van der Waals surface area contributed by atoms with Gasteiger partial charge in [-0.15, -0.1) is 0 Å². The Bertz CT molecular complexity index is 672. The lowest BCUT2D eigenvalue weighted by Crippen LogP contribution is -2.22. The fraction of sp³-hybridized carbons (Fsp3) is 0.333. The summed E-state index contributed by atoms with van der Waals surface area (Å²) in [7, 11) is 0. The lowest BCUT2D eigenvalue weighted by atomic mass is 9.98. The minimum atomic E-state index is -0.400. The van der Waals surface area contributed by atoms with E-state index in [0.29, 0.717) is 6.42 Å². The van der Waals surface area contributed by atoms with Gasteiger partial charge in [-0.05, 0) is 30.5 Å². The quantitative estimate of drug-likeness (QED) is 0.707. The normalized spacial score (nSPS) is 12.0. The van der Waals surface area contributed by atoms with Crippen molar-refractivity contribution in [1.82, 2.24) is 0 Å². The molecule has 0 N–H and O–H groups in total. The zero-order valence-electron chi connectivity index (χ0n) is 14.5.